The third-order valence-corrected chi connectivity index (χ3v) is 2.42. The number of carbonyl (C=O) groups is 2. The van der Waals surface area contributed by atoms with Crippen LogP contribution in [0.15, 0.2) is 24.3 Å². The van der Waals surface area contributed by atoms with Gasteiger partial charge in [0, 0.05) is 13.5 Å². The van der Waals surface area contributed by atoms with Gasteiger partial charge in [0.2, 0.25) is 5.91 Å². The number of fused-ring (bicyclic) bond motifs is 1. The number of rotatable bonds is 3. The molecule has 1 aromatic rings. The van der Waals surface area contributed by atoms with E-state index in [0.717, 1.165) is 5.56 Å². The van der Waals surface area contributed by atoms with E-state index < -0.39 is 0 Å². The first kappa shape index (κ1) is 12.2. The summed E-state index contributed by atoms with van der Waals surface area (Å²) in [7, 11) is 0. The van der Waals surface area contributed by atoms with Gasteiger partial charge in [-0.1, -0.05) is 18.2 Å². The van der Waals surface area contributed by atoms with E-state index in [9.17, 15) is 9.59 Å². The minimum atomic E-state index is -0.142. The minimum absolute atomic E-state index is 0.0477. The van der Waals surface area contributed by atoms with Gasteiger partial charge in [-0.3, -0.25) is 9.59 Å². The molecule has 0 saturated heterocycles. The van der Waals surface area contributed by atoms with Crippen molar-refractivity contribution < 1.29 is 14.3 Å². The average molecular weight is 246 g/mol. The highest BCUT2D eigenvalue weighted by Gasteiger charge is 2.15. The van der Waals surface area contributed by atoms with Crippen molar-refractivity contribution in [3.05, 3.63) is 29.8 Å². The van der Waals surface area contributed by atoms with E-state index in [1.807, 2.05) is 24.3 Å². The lowest BCUT2D eigenvalue weighted by Crippen LogP contribution is -2.25. The molecule has 5 heteroatoms. The maximum atomic E-state index is 11.1. The van der Waals surface area contributed by atoms with E-state index in [4.69, 9.17) is 4.74 Å². The van der Waals surface area contributed by atoms with E-state index >= 15 is 0 Å². The van der Waals surface area contributed by atoms with Gasteiger partial charge in [-0.15, -0.1) is 0 Å². The van der Waals surface area contributed by atoms with Crippen LogP contribution in [0.1, 0.15) is 12.5 Å². The molecule has 1 heterocycles. The van der Waals surface area contributed by atoms with E-state index in [1.54, 1.807) is 6.07 Å². The first-order chi connectivity index (χ1) is 8.65. The molecule has 2 amide bonds. The molecule has 0 atom stereocenters. The molecule has 1 aliphatic rings. The Labute approximate surface area is 105 Å². The molecule has 5 nitrogen and oxygen atoms in total. The summed E-state index contributed by atoms with van der Waals surface area (Å²) in [4.78, 5) is 21.8. The Kier molecular flexibility index (Phi) is 3.62. The van der Waals surface area contributed by atoms with Gasteiger partial charge in [0.25, 0.3) is 5.91 Å². The number of carbonyl (C=O) groups excluding carboxylic acids is 2. The predicted molar refractivity (Wildman–Crippen MR) is 68.3 cm³/mol. The van der Waals surface area contributed by atoms with Crippen LogP contribution < -0.4 is 15.4 Å². The number of nitrogens with one attached hydrogen (secondary N) is 2. The van der Waals surface area contributed by atoms with Gasteiger partial charge < -0.3 is 15.4 Å². The molecule has 0 fully saturated rings. The SMILES string of the molecule is CC(=O)NCC=Cc1ccc2c(c1)OCC(=O)N2. The fourth-order valence-corrected chi connectivity index (χ4v) is 1.59. The number of hydrogen-bond donors (Lipinski definition) is 2. The van der Waals surface area contributed by atoms with Crippen molar-refractivity contribution in [3.8, 4) is 5.75 Å². The molecule has 0 spiro atoms. The number of benzene rings is 1. The van der Waals surface area contributed by atoms with E-state index in [-0.39, 0.29) is 18.4 Å². The average Bonchev–Trinajstić information content (AvgIpc) is 2.34. The van der Waals surface area contributed by atoms with Crippen molar-refractivity contribution in [1.82, 2.24) is 5.32 Å². The predicted octanol–water partition coefficient (Wildman–Crippen LogP) is 1.17. The van der Waals surface area contributed by atoms with Gasteiger partial charge in [0.05, 0.1) is 5.69 Å². The highest BCUT2D eigenvalue weighted by molar-refractivity contribution is 5.95. The van der Waals surface area contributed by atoms with Crippen molar-refractivity contribution in [2.45, 2.75) is 6.92 Å². The molecule has 0 unspecified atom stereocenters. The van der Waals surface area contributed by atoms with Crippen LogP contribution in [0.25, 0.3) is 6.08 Å². The minimum Gasteiger partial charge on any atom is -0.482 e. The number of hydrogen-bond acceptors (Lipinski definition) is 3. The molecular weight excluding hydrogens is 232 g/mol. The van der Waals surface area contributed by atoms with E-state index in [0.29, 0.717) is 18.0 Å². The lowest BCUT2D eigenvalue weighted by Gasteiger charge is -2.17. The Morgan fingerprint density at radius 1 is 1.56 bits per heavy atom. The highest BCUT2D eigenvalue weighted by Crippen LogP contribution is 2.28. The summed E-state index contributed by atoms with van der Waals surface area (Å²) in [5.41, 5.74) is 1.64. The zero-order valence-corrected chi connectivity index (χ0v) is 10.0. The molecule has 1 aromatic carbocycles. The summed E-state index contributed by atoms with van der Waals surface area (Å²) < 4.78 is 5.31. The second-order valence-electron chi connectivity index (χ2n) is 3.93. The molecule has 2 rings (SSSR count). The molecule has 0 aromatic heterocycles. The molecule has 18 heavy (non-hydrogen) atoms. The van der Waals surface area contributed by atoms with Crippen molar-refractivity contribution in [2.24, 2.45) is 0 Å². The maximum absolute atomic E-state index is 11.1. The maximum Gasteiger partial charge on any atom is 0.262 e. The summed E-state index contributed by atoms with van der Waals surface area (Å²) >= 11 is 0. The van der Waals surface area contributed by atoms with Crippen LogP contribution in [-0.2, 0) is 9.59 Å². The van der Waals surface area contributed by atoms with Crippen molar-refractivity contribution >= 4 is 23.6 Å². The van der Waals surface area contributed by atoms with Crippen molar-refractivity contribution in [2.75, 3.05) is 18.5 Å². The highest BCUT2D eigenvalue weighted by atomic mass is 16.5. The zero-order chi connectivity index (χ0) is 13.0. The lowest BCUT2D eigenvalue weighted by molar-refractivity contribution is -0.119. The van der Waals surface area contributed by atoms with Crippen molar-refractivity contribution in [1.29, 1.82) is 0 Å². The van der Waals surface area contributed by atoms with Gasteiger partial charge in [-0.25, -0.2) is 0 Å². The van der Waals surface area contributed by atoms with E-state index in [1.165, 1.54) is 6.92 Å². The van der Waals surface area contributed by atoms with Crippen LogP contribution in [0.5, 0.6) is 5.75 Å². The summed E-state index contributed by atoms with van der Waals surface area (Å²) in [6.45, 7) is 2.01. The van der Waals surface area contributed by atoms with E-state index in [2.05, 4.69) is 10.6 Å². The second kappa shape index (κ2) is 5.35. The Bertz CT molecular complexity index is 509. The van der Waals surface area contributed by atoms with Gasteiger partial charge in [-0.05, 0) is 17.7 Å². The number of ether oxygens (including phenoxy) is 1. The zero-order valence-electron chi connectivity index (χ0n) is 10.0. The Balaban J connectivity index is 2.03. The van der Waals surface area contributed by atoms with Gasteiger partial charge in [0.15, 0.2) is 6.61 Å². The molecular formula is C13H14N2O3. The van der Waals surface area contributed by atoms with Gasteiger partial charge >= 0.3 is 0 Å². The Morgan fingerprint density at radius 2 is 2.39 bits per heavy atom. The molecule has 2 N–H and O–H groups in total. The monoisotopic (exact) mass is 246 g/mol. The summed E-state index contributed by atoms with van der Waals surface area (Å²) in [6.07, 6.45) is 3.74. The number of amides is 2. The molecule has 0 radical (unpaired) electrons. The topological polar surface area (TPSA) is 67.4 Å². The van der Waals surface area contributed by atoms with Gasteiger partial charge in [-0.2, -0.15) is 0 Å². The third-order valence-electron chi connectivity index (χ3n) is 2.42. The Morgan fingerprint density at radius 3 is 3.17 bits per heavy atom. The largest absolute Gasteiger partial charge is 0.482 e. The fourth-order valence-electron chi connectivity index (χ4n) is 1.59. The molecule has 94 valence electrons. The van der Waals surface area contributed by atoms with Crippen LogP contribution in [-0.4, -0.2) is 25.0 Å². The third kappa shape index (κ3) is 3.10. The first-order valence-corrected chi connectivity index (χ1v) is 5.63. The molecule has 1 aliphatic heterocycles. The van der Waals surface area contributed by atoms with Crippen LogP contribution >= 0.6 is 0 Å². The molecule has 0 bridgehead atoms. The summed E-state index contributed by atoms with van der Waals surface area (Å²) in [5.74, 6) is 0.462. The van der Waals surface area contributed by atoms with Crippen LogP contribution in [0.2, 0.25) is 0 Å². The second-order valence-corrected chi connectivity index (χ2v) is 3.93. The quantitative estimate of drug-likeness (QED) is 0.841. The van der Waals surface area contributed by atoms with Crippen LogP contribution in [0.4, 0.5) is 5.69 Å². The standard InChI is InChI=1S/C13H14N2O3/c1-9(16)14-6-2-3-10-4-5-11-12(7-10)18-8-13(17)15-11/h2-5,7H,6,8H2,1H3,(H,14,16)(H,15,17). The van der Waals surface area contributed by atoms with Crippen LogP contribution in [0, 0.1) is 0 Å². The first-order valence-electron chi connectivity index (χ1n) is 5.63. The van der Waals surface area contributed by atoms with Gasteiger partial charge in [0.1, 0.15) is 5.75 Å². The Hall–Kier alpha value is -2.30. The number of anilines is 1. The lowest BCUT2D eigenvalue weighted by atomic mass is 10.1. The molecule has 0 aliphatic carbocycles. The van der Waals surface area contributed by atoms with Crippen LogP contribution in [0.3, 0.4) is 0 Å². The van der Waals surface area contributed by atoms with Crippen molar-refractivity contribution in [3.63, 3.8) is 0 Å². The molecule has 0 saturated carbocycles. The summed E-state index contributed by atoms with van der Waals surface area (Å²) in [6, 6.07) is 5.52. The summed E-state index contributed by atoms with van der Waals surface area (Å²) in [5, 5.41) is 5.39. The fraction of sp³-hybridized carbons (Fsp3) is 0.231. The normalized spacial score (nSPS) is 13.7. The smallest absolute Gasteiger partial charge is 0.262 e.